The van der Waals surface area contributed by atoms with Crippen LogP contribution in [-0.2, 0) is 9.59 Å². The van der Waals surface area contributed by atoms with E-state index in [1.54, 1.807) is 6.92 Å². The standard InChI is InChI=1S/C30H45ClO6/c1-26(2)10-11-30(25(36)37)9-6-17-22(18(30)13-26)16(15-31)12-21-27(17,3)8-7-20-28(21,4)14-19(32)23(33)29(20,5)24(34)35/h16,18-21,23,32-33H,6-15H2,1-5H3,(H,34,35)(H,36,37). The monoisotopic (exact) mass is 536 g/mol. The van der Waals surface area contributed by atoms with Gasteiger partial charge in [0.25, 0.3) is 0 Å². The first kappa shape index (κ1) is 27.5. The Morgan fingerprint density at radius 2 is 1.59 bits per heavy atom. The Labute approximate surface area is 225 Å². The average molecular weight is 537 g/mol. The fourth-order valence-electron chi connectivity index (χ4n) is 10.6. The summed E-state index contributed by atoms with van der Waals surface area (Å²) >= 11 is 6.72. The highest BCUT2D eigenvalue weighted by molar-refractivity contribution is 6.18. The van der Waals surface area contributed by atoms with Crippen LogP contribution in [0.15, 0.2) is 11.1 Å². The first-order valence-corrected chi connectivity index (χ1v) is 14.7. The highest BCUT2D eigenvalue weighted by Gasteiger charge is 2.69. The molecule has 3 fully saturated rings. The maximum absolute atomic E-state index is 12.8. The van der Waals surface area contributed by atoms with E-state index < -0.39 is 40.4 Å². The summed E-state index contributed by atoms with van der Waals surface area (Å²) in [5.74, 6) is -1.43. The summed E-state index contributed by atoms with van der Waals surface area (Å²) in [4.78, 5) is 25.4. The highest BCUT2D eigenvalue weighted by atomic mass is 35.5. The molecule has 0 aromatic rings. The van der Waals surface area contributed by atoms with Gasteiger partial charge >= 0.3 is 11.9 Å². The maximum atomic E-state index is 12.8. The number of carbonyl (C=O) groups is 2. The number of hydrogen-bond acceptors (Lipinski definition) is 4. The van der Waals surface area contributed by atoms with Gasteiger partial charge in [-0.25, -0.2) is 0 Å². The van der Waals surface area contributed by atoms with Gasteiger partial charge in [0, 0.05) is 5.88 Å². The van der Waals surface area contributed by atoms with Crippen LogP contribution >= 0.6 is 11.6 Å². The van der Waals surface area contributed by atoms with Crippen molar-refractivity contribution in [3.05, 3.63) is 11.1 Å². The summed E-state index contributed by atoms with van der Waals surface area (Å²) in [6.45, 7) is 10.6. The lowest BCUT2D eigenvalue weighted by Crippen LogP contribution is -2.67. The molecule has 0 aliphatic heterocycles. The van der Waals surface area contributed by atoms with Crippen molar-refractivity contribution in [1.82, 2.24) is 0 Å². The third-order valence-corrected chi connectivity index (χ3v) is 13.0. The highest BCUT2D eigenvalue weighted by Crippen LogP contribution is 2.72. The Morgan fingerprint density at radius 3 is 2.19 bits per heavy atom. The minimum absolute atomic E-state index is 0.0207. The predicted molar refractivity (Wildman–Crippen MR) is 141 cm³/mol. The molecule has 5 aliphatic rings. The van der Waals surface area contributed by atoms with Gasteiger partial charge in [-0.05, 0) is 105 Å². The fourth-order valence-corrected chi connectivity index (χ4v) is 10.9. The zero-order valence-electron chi connectivity index (χ0n) is 23.0. The van der Waals surface area contributed by atoms with Crippen molar-refractivity contribution in [1.29, 1.82) is 0 Å². The van der Waals surface area contributed by atoms with Gasteiger partial charge in [0.05, 0.1) is 23.0 Å². The smallest absolute Gasteiger partial charge is 0.312 e. The normalized spacial score (nSPS) is 50.8. The second-order valence-corrected chi connectivity index (χ2v) is 15.1. The van der Waals surface area contributed by atoms with Gasteiger partial charge < -0.3 is 20.4 Å². The zero-order valence-corrected chi connectivity index (χ0v) is 23.8. The van der Waals surface area contributed by atoms with Crippen LogP contribution in [0.1, 0.15) is 92.4 Å². The summed E-state index contributed by atoms with van der Waals surface area (Å²) in [6.07, 6.45) is 4.09. The van der Waals surface area contributed by atoms with Crippen LogP contribution in [0.5, 0.6) is 0 Å². The molecule has 6 nitrogen and oxygen atoms in total. The van der Waals surface area contributed by atoms with Crippen molar-refractivity contribution in [3.63, 3.8) is 0 Å². The Bertz CT molecular complexity index is 1040. The minimum atomic E-state index is -1.42. The number of allylic oxidation sites excluding steroid dienone is 2. The number of carboxylic acid groups (broad SMARTS) is 2. The van der Waals surface area contributed by atoms with Crippen LogP contribution in [0.3, 0.4) is 0 Å². The van der Waals surface area contributed by atoms with Gasteiger partial charge in [0.1, 0.15) is 0 Å². The second-order valence-electron chi connectivity index (χ2n) is 14.8. The Kier molecular flexibility index (Phi) is 6.27. The molecule has 4 N–H and O–H groups in total. The van der Waals surface area contributed by atoms with Gasteiger partial charge in [-0.15, -0.1) is 11.6 Å². The lowest BCUT2D eigenvalue weighted by molar-refractivity contribution is -0.225. The van der Waals surface area contributed by atoms with Crippen LogP contribution in [0.25, 0.3) is 0 Å². The number of aliphatic hydroxyl groups excluding tert-OH is 2. The molecule has 7 heteroatoms. The number of aliphatic carboxylic acids is 2. The first-order valence-electron chi connectivity index (χ1n) is 14.2. The van der Waals surface area contributed by atoms with Crippen LogP contribution in [0.2, 0.25) is 0 Å². The topological polar surface area (TPSA) is 115 Å². The molecule has 5 aliphatic carbocycles. The summed E-state index contributed by atoms with van der Waals surface area (Å²) in [5.41, 5.74) is -0.0655. The predicted octanol–water partition coefficient (Wildman–Crippen LogP) is 5.49. The van der Waals surface area contributed by atoms with E-state index in [0.29, 0.717) is 31.6 Å². The summed E-state index contributed by atoms with van der Waals surface area (Å²) in [6, 6.07) is 0. The van der Waals surface area contributed by atoms with E-state index in [4.69, 9.17) is 11.6 Å². The molecule has 37 heavy (non-hydrogen) atoms. The molecule has 0 amide bonds. The molecule has 3 saturated carbocycles. The van der Waals surface area contributed by atoms with Gasteiger partial charge in [-0.3, -0.25) is 9.59 Å². The van der Waals surface area contributed by atoms with E-state index in [2.05, 4.69) is 27.7 Å². The molecule has 0 aromatic heterocycles. The molecule has 0 radical (unpaired) electrons. The van der Waals surface area contributed by atoms with Crippen molar-refractivity contribution in [2.45, 2.75) is 105 Å². The van der Waals surface area contributed by atoms with E-state index >= 15 is 0 Å². The van der Waals surface area contributed by atoms with Gasteiger partial charge in [0.15, 0.2) is 0 Å². The Morgan fingerprint density at radius 1 is 0.919 bits per heavy atom. The second kappa shape index (κ2) is 8.44. The number of alkyl halides is 1. The molecule has 0 saturated heterocycles. The lowest BCUT2D eigenvalue weighted by atomic mass is 9.37. The molecule has 0 aromatic carbocycles. The van der Waals surface area contributed by atoms with Crippen LogP contribution in [-0.4, -0.2) is 50.5 Å². The molecule has 10 atom stereocenters. The average Bonchev–Trinajstić information content (AvgIpc) is 2.81. The lowest BCUT2D eigenvalue weighted by Gasteiger charge is -2.67. The number of carboxylic acids is 2. The van der Waals surface area contributed by atoms with E-state index in [0.717, 1.165) is 32.1 Å². The Hall–Kier alpha value is -1.11. The SMILES string of the molecule is CC1(C)CCC2(C(=O)O)CCC3=C(C(CCl)CC4C3(C)CCC3C4(C)CC(O)C(O)C3(C)C(=O)O)C2C1. The van der Waals surface area contributed by atoms with Crippen molar-refractivity contribution in [3.8, 4) is 0 Å². The number of halogens is 1. The number of rotatable bonds is 3. The van der Waals surface area contributed by atoms with Crippen LogP contribution in [0.4, 0.5) is 0 Å². The third-order valence-electron chi connectivity index (χ3n) is 12.6. The largest absolute Gasteiger partial charge is 0.481 e. The van der Waals surface area contributed by atoms with Gasteiger partial charge in [-0.1, -0.05) is 38.8 Å². The molecule has 10 unspecified atom stereocenters. The number of fused-ring (bicyclic) bond motifs is 6. The van der Waals surface area contributed by atoms with Crippen LogP contribution in [0, 0.1) is 50.7 Å². The molecular weight excluding hydrogens is 492 g/mol. The molecule has 0 spiro atoms. The summed E-state index contributed by atoms with van der Waals surface area (Å²) in [7, 11) is 0. The van der Waals surface area contributed by atoms with E-state index in [1.807, 2.05) is 0 Å². The molecule has 208 valence electrons. The third kappa shape index (κ3) is 3.50. The quantitative estimate of drug-likeness (QED) is 0.280. The fraction of sp³-hybridized carbons (Fsp3) is 0.867. The Balaban J connectivity index is 1.65. The van der Waals surface area contributed by atoms with Crippen molar-refractivity contribution >= 4 is 23.5 Å². The first-order chi connectivity index (χ1) is 17.1. The minimum Gasteiger partial charge on any atom is -0.481 e. The van der Waals surface area contributed by atoms with Gasteiger partial charge in [-0.2, -0.15) is 0 Å². The van der Waals surface area contributed by atoms with Crippen LogP contribution < -0.4 is 0 Å². The zero-order chi connectivity index (χ0) is 27.3. The molecule has 0 bridgehead atoms. The number of hydrogen-bond donors (Lipinski definition) is 4. The van der Waals surface area contributed by atoms with Crippen molar-refractivity contribution in [2.75, 3.05) is 5.88 Å². The number of aliphatic hydroxyl groups is 2. The molecule has 5 rings (SSSR count). The van der Waals surface area contributed by atoms with E-state index in [9.17, 15) is 30.0 Å². The van der Waals surface area contributed by atoms with Gasteiger partial charge in [0.2, 0.25) is 0 Å². The molecule has 0 heterocycles. The van der Waals surface area contributed by atoms with E-state index in [1.165, 1.54) is 11.1 Å². The summed E-state index contributed by atoms with van der Waals surface area (Å²) < 4.78 is 0. The van der Waals surface area contributed by atoms with E-state index in [-0.39, 0.29) is 34.5 Å². The van der Waals surface area contributed by atoms with Crippen molar-refractivity contribution < 1.29 is 30.0 Å². The molecular formula is C30H45ClO6. The maximum Gasteiger partial charge on any atom is 0.312 e. The summed E-state index contributed by atoms with van der Waals surface area (Å²) in [5, 5.41) is 42.7. The van der Waals surface area contributed by atoms with Crippen molar-refractivity contribution in [2.24, 2.45) is 50.7 Å².